The molecule has 12 nitrogen and oxygen atoms in total. The van der Waals surface area contributed by atoms with Gasteiger partial charge < -0.3 is 30.5 Å². The van der Waals surface area contributed by atoms with Crippen LogP contribution in [0.25, 0.3) is 5.65 Å². The van der Waals surface area contributed by atoms with Crippen molar-refractivity contribution in [2.45, 2.75) is 38.7 Å². The molecule has 236 valence electrons. The van der Waals surface area contributed by atoms with Crippen LogP contribution in [-0.2, 0) is 4.79 Å². The number of aromatic nitrogens is 4. The SMILES string of the molecule is CC(C)c1cnn2c(Nc3cccc(NC(=O)c4ccc(NC(=O)C=CCN(C)C)cc4)c3)nc(OC3CCN(C)CC3)nc12. The highest BCUT2D eigenvalue weighted by Gasteiger charge is 2.22. The third-order valence-corrected chi connectivity index (χ3v) is 7.47. The predicted octanol–water partition coefficient (Wildman–Crippen LogP) is 4.77. The van der Waals surface area contributed by atoms with Gasteiger partial charge in [0.25, 0.3) is 5.91 Å². The first kappa shape index (κ1) is 31.6. The Morgan fingerprint density at radius 2 is 1.76 bits per heavy atom. The number of hydrogen-bond acceptors (Lipinski definition) is 9. The van der Waals surface area contributed by atoms with Gasteiger partial charge in [0, 0.05) is 53.9 Å². The van der Waals surface area contributed by atoms with Gasteiger partial charge >= 0.3 is 6.01 Å². The van der Waals surface area contributed by atoms with Crippen molar-refractivity contribution in [2.24, 2.45) is 0 Å². The van der Waals surface area contributed by atoms with Gasteiger partial charge in [0.15, 0.2) is 5.65 Å². The number of ether oxygens (including phenoxy) is 1. The largest absolute Gasteiger partial charge is 0.460 e. The molecular formula is C33H41N9O3. The maximum absolute atomic E-state index is 13.0. The number of anilines is 4. The van der Waals surface area contributed by atoms with Gasteiger partial charge in [-0.2, -0.15) is 19.6 Å². The number of carbonyl (C=O) groups is 2. The monoisotopic (exact) mass is 611 g/mol. The van der Waals surface area contributed by atoms with E-state index >= 15 is 0 Å². The molecule has 0 aliphatic carbocycles. The van der Waals surface area contributed by atoms with Crippen LogP contribution in [0.4, 0.5) is 23.0 Å². The molecule has 3 heterocycles. The Hall–Kier alpha value is -4.81. The van der Waals surface area contributed by atoms with Crippen LogP contribution < -0.4 is 20.7 Å². The molecule has 0 atom stereocenters. The first-order valence-electron chi connectivity index (χ1n) is 15.2. The molecule has 0 spiro atoms. The summed E-state index contributed by atoms with van der Waals surface area (Å²) in [6.45, 7) is 6.81. The number of amides is 2. The maximum atomic E-state index is 13.0. The molecule has 0 radical (unpaired) electrons. The summed E-state index contributed by atoms with van der Waals surface area (Å²) in [5, 5.41) is 13.6. The lowest BCUT2D eigenvalue weighted by molar-refractivity contribution is -0.111. The molecule has 1 fully saturated rings. The van der Waals surface area contributed by atoms with E-state index in [0.717, 1.165) is 31.5 Å². The van der Waals surface area contributed by atoms with Crippen molar-refractivity contribution in [3.05, 3.63) is 78.0 Å². The van der Waals surface area contributed by atoms with E-state index in [1.165, 1.54) is 6.08 Å². The molecule has 1 aliphatic heterocycles. The topological polar surface area (TPSA) is 129 Å². The molecule has 0 unspecified atom stereocenters. The van der Waals surface area contributed by atoms with Crippen LogP contribution >= 0.6 is 0 Å². The Bertz CT molecular complexity index is 1660. The second-order valence-electron chi connectivity index (χ2n) is 11.8. The summed E-state index contributed by atoms with van der Waals surface area (Å²) in [4.78, 5) is 38.8. The average Bonchev–Trinajstić information content (AvgIpc) is 3.43. The van der Waals surface area contributed by atoms with Crippen LogP contribution in [0, 0.1) is 0 Å². The highest BCUT2D eigenvalue weighted by atomic mass is 16.5. The lowest BCUT2D eigenvalue weighted by Crippen LogP contribution is -2.36. The van der Waals surface area contributed by atoms with E-state index in [4.69, 9.17) is 14.7 Å². The number of benzene rings is 2. The van der Waals surface area contributed by atoms with E-state index in [0.29, 0.717) is 46.8 Å². The molecule has 12 heteroatoms. The van der Waals surface area contributed by atoms with Crippen molar-refractivity contribution in [3.8, 4) is 6.01 Å². The number of nitrogens with zero attached hydrogens (tertiary/aromatic N) is 6. The number of piperidine rings is 1. The lowest BCUT2D eigenvalue weighted by Gasteiger charge is -2.28. The minimum Gasteiger partial charge on any atom is -0.460 e. The fourth-order valence-corrected chi connectivity index (χ4v) is 4.93. The maximum Gasteiger partial charge on any atom is 0.322 e. The minimum atomic E-state index is -0.275. The molecule has 2 aromatic carbocycles. The number of carbonyl (C=O) groups excluding carboxylic acids is 2. The fourth-order valence-electron chi connectivity index (χ4n) is 4.93. The van der Waals surface area contributed by atoms with Crippen molar-refractivity contribution < 1.29 is 14.3 Å². The van der Waals surface area contributed by atoms with Gasteiger partial charge in [-0.15, -0.1) is 0 Å². The summed E-state index contributed by atoms with van der Waals surface area (Å²) in [7, 11) is 5.98. The third-order valence-electron chi connectivity index (χ3n) is 7.47. The zero-order valence-electron chi connectivity index (χ0n) is 26.4. The summed E-state index contributed by atoms with van der Waals surface area (Å²) >= 11 is 0. The van der Waals surface area contributed by atoms with Crippen molar-refractivity contribution in [1.29, 1.82) is 0 Å². The molecule has 1 aliphatic rings. The standard InChI is InChI=1S/C33H41N9O3/c1-22(2)28-21-34-42-30(28)38-33(45-27-15-18-41(5)19-16-27)39-32(42)37-26-9-6-8-25(20-26)36-31(44)23-11-13-24(14-12-23)35-29(43)10-7-17-40(3)4/h6-14,20-22,27H,15-19H2,1-5H3,(H,35,43)(H,36,44)(H,37,38,39). The summed E-state index contributed by atoms with van der Waals surface area (Å²) in [6, 6.07) is 14.4. The Kier molecular flexibility index (Phi) is 10.1. The first-order valence-corrected chi connectivity index (χ1v) is 15.2. The normalized spacial score (nSPS) is 14.4. The average molecular weight is 612 g/mol. The number of hydrogen-bond donors (Lipinski definition) is 3. The molecule has 4 aromatic rings. The van der Waals surface area contributed by atoms with Gasteiger partial charge in [-0.25, -0.2) is 0 Å². The van der Waals surface area contributed by atoms with Crippen molar-refractivity contribution in [3.63, 3.8) is 0 Å². The van der Waals surface area contributed by atoms with Gasteiger partial charge in [0.05, 0.1) is 6.20 Å². The molecule has 0 bridgehead atoms. The Labute approximate surface area is 263 Å². The van der Waals surface area contributed by atoms with Gasteiger partial charge in [-0.05, 0) is 82.4 Å². The van der Waals surface area contributed by atoms with E-state index in [9.17, 15) is 9.59 Å². The van der Waals surface area contributed by atoms with E-state index in [2.05, 4.69) is 46.8 Å². The lowest BCUT2D eigenvalue weighted by atomic mass is 10.1. The molecule has 1 saturated heterocycles. The van der Waals surface area contributed by atoms with Crippen LogP contribution in [-0.4, -0.2) is 88.1 Å². The zero-order chi connectivity index (χ0) is 31.9. The Morgan fingerprint density at radius 1 is 1.02 bits per heavy atom. The van der Waals surface area contributed by atoms with E-state index in [1.54, 1.807) is 34.9 Å². The number of nitrogens with one attached hydrogen (secondary N) is 3. The van der Waals surface area contributed by atoms with Crippen LogP contribution in [0.2, 0.25) is 0 Å². The summed E-state index contributed by atoms with van der Waals surface area (Å²) in [5.41, 5.74) is 4.07. The van der Waals surface area contributed by atoms with Crippen LogP contribution in [0.1, 0.15) is 48.5 Å². The first-order chi connectivity index (χ1) is 21.6. The van der Waals surface area contributed by atoms with Gasteiger partial charge in [-0.1, -0.05) is 26.0 Å². The molecule has 2 amide bonds. The molecule has 3 N–H and O–H groups in total. The summed E-state index contributed by atoms with van der Waals surface area (Å²) in [5.74, 6) is 0.181. The molecule has 45 heavy (non-hydrogen) atoms. The van der Waals surface area contributed by atoms with E-state index in [-0.39, 0.29) is 23.8 Å². The summed E-state index contributed by atoms with van der Waals surface area (Å²) < 4.78 is 7.94. The number of likely N-dealkylation sites (tertiary alicyclic amines) is 1. The summed E-state index contributed by atoms with van der Waals surface area (Å²) in [6.07, 6.45) is 6.97. The van der Waals surface area contributed by atoms with Gasteiger partial charge in [-0.3, -0.25) is 9.59 Å². The molecule has 2 aromatic heterocycles. The minimum absolute atomic E-state index is 0.0516. The zero-order valence-corrected chi connectivity index (χ0v) is 26.4. The smallest absolute Gasteiger partial charge is 0.322 e. The van der Waals surface area contributed by atoms with Crippen molar-refractivity contribution >= 4 is 40.5 Å². The second-order valence-corrected chi connectivity index (χ2v) is 11.8. The predicted molar refractivity (Wildman–Crippen MR) is 176 cm³/mol. The number of rotatable bonds is 11. The van der Waals surface area contributed by atoms with E-state index in [1.807, 2.05) is 49.5 Å². The number of fused-ring (bicyclic) bond motifs is 1. The molecule has 5 rings (SSSR count). The highest BCUT2D eigenvalue weighted by Crippen LogP contribution is 2.27. The quantitative estimate of drug-likeness (QED) is 0.205. The fraction of sp³-hybridized carbons (Fsp3) is 0.364. The highest BCUT2D eigenvalue weighted by molar-refractivity contribution is 6.05. The van der Waals surface area contributed by atoms with Crippen LogP contribution in [0.5, 0.6) is 6.01 Å². The molecular weight excluding hydrogens is 570 g/mol. The van der Waals surface area contributed by atoms with Gasteiger partial charge in [0.2, 0.25) is 11.9 Å². The third kappa shape index (κ3) is 8.43. The van der Waals surface area contributed by atoms with Gasteiger partial charge in [0.1, 0.15) is 6.10 Å². The second kappa shape index (κ2) is 14.3. The van der Waals surface area contributed by atoms with Crippen molar-refractivity contribution in [1.82, 2.24) is 29.4 Å². The van der Waals surface area contributed by atoms with E-state index < -0.39 is 0 Å². The number of likely N-dealkylation sites (N-methyl/N-ethyl adjacent to an activating group) is 1. The van der Waals surface area contributed by atoms with Crippen molar-refractivity contribution in [2.75, 3.05) is 56.7 Å². The Balaban J connectivity index is 1.28. The Morgan fingerprint density at radius 3 is 2.47 bits per heavy atom. The van der Waals surface area contributed by atoms with Crippen LogP contribution in [0.15, 0.2) is 66.9 Å². The molecule has 0 saturated carbocycles. The van der Waals surface area contributed by atoms with Crippen LogP contribution in [0.3, 0.4) is 0 Å².